The van der Waals surface area contributed by atoms with Crippen LogP contribution in [0.25, 0.3) is 0 Å². The Morgan fingerprint density at radius 2 is 1.49 bits per heavy atom. The maximum atomic E-state index is 14.1. The first-order chi connectivity index (χ1) is 29.5. The maximum absolute atomic E-state index is 14.1. The summed E-state index contributed by atoms with van der Waals surface area (Å²) < 4.78 is 26.1. The van der Waals surface area contributed by atoms with Crippen LogP contribution in [0.2, 0.25) is 0 Å². The van der Waals surface area contributed by atoms with Gasteiger partial charge in [0.25, 0.3) is 11.8 Å². The lowest BCUT2D eigenvalue weighted by Gasteiger charge is -2.28. The number of nitrogens with one attached hydrogen (secondary N) is 2. The van der Waals surface area contributed by atoms with E-state index in [1.165, 1.54) is 14.2 Å². The molecule has 0 aromatic heterocycles. The van der Waals surface area contributed by atoms with Crippen LogP contribution in [0.4, 0.5) is 22.7 Å². The van der Waals surface area contributed by atoms with Crippen LogP contribution in [-0.2, 0) is 30.8 Å². The van der Waals surface area contributed by atoms with Crippen LogP contribution < -0.4 is 39.4 Å². The third kappa shape index (κ3) is 9.39. The average Bonchev–Trinajstić information content (AvgIpc) is 3.87. The van der Waals surface area contributed by atoms with Crippen molar-refractivity contribution in [2.45, 2.75) is 45.1 Å². The van der Waals surface area contributed by atoms with Gasteiger partial charge >= 0.3 is 0 Å². The van der Waals surface area contributed by atoms with Crippen LogP contribution in [0.5, 0.6) is 23.0 Å². The molecule has 2 aliphatic rings. The quantitative estimate of drug-likeness (QED) is 0.0780. The predicted molar refractivity (Wildman–Crippen MR) is 242 cm³/mol. The monoisotopic (exact) mass is 842 g/mol. The highest BCUT2D eigenvalue weighted by Gasteiger charge is 2.35. The van der Waals surface area contributed by atoms with E-state index in [2.05, 4.69) is 37.8 Å². The number of rotatable bonds is 16. The molecule has 0 saturated carbocycles. The van der Waals surface area contributed by atoms with E-state index in [9.17, 15) is 14.4 Å². The summed E-state index contributed by atoms with van der Waals surface area (Å²) in [5.74, 6) is 1.03. The number of carbonyl (C=O) groups excluding carboxylic acids is 3. The molecule has 0 bridgehead atoms. The normalized spacial score (nSPS) is 14.6. The third-order valence-corrected chi connectivity index (χ3v) is 11.2. The third-order valence-electron chi connectivity index (χ3n) is 11.0. The fourth-order valence-electron chi connectivity index (χ4n) is 7.80. The number of methoxy groups -OCH3 is 2. The second-order valence-corrected chi connectivity index (χ2v) is 16.0. The van der Waals surface area contributed by atoms with Crippen LogP contribution in [0.3, 0.4) is 0 Å². The first kappa shape index (κ1) is 42.8. The van der Waals surface area contributed by atoms with Crippen molar-refractivity contribution in [1.82, 2.24) is 9.99 Å². The lowest BCUT2D eigenvalue weighted by atomic mass is 10.1. The molecule has 3 atom stereocenters. The van der Waals surface area contributed by atoms with E-state index in [0.717, 1.165) is 46.5 Å². The summed E-state index contributed by atoms with van der Waals surface area (Å²) in [6.07, 6.45) is 1.53. The van der Waals surface area contributed by atoms with E-state index in [-0.39, 0.29) is 37.0 Å². The van der Waals surface area contributed by atoms with Gasteiger partial charge in [0, 0.05) is 41.8 Å². The van der Waals surface area contributed by atoms with Gasteiger partial charge in [-0.2, -0.15) is 0 Å². The van der Waals surface area contributed by atoms with Gasteiger partial charge in [-0.1, -0.05) is 45.8 Å². The van der Waals surface area contributed by atoms with Gasteiger partial charge in [-0.25, -0.2) is 0 Å². The Balaban J connectivity index is 1.11. The highest BCUT2D eigenvalue weighted by atomic mass is 31.0. The topological polar surface area (TPSA) is 134 Å². The average molecular weight is 843 g/mol. The predicted octanol–water partition coefficient (Wildman–Crippen LogP) is 7.24. The molecular weight excluding hydrogens is 792 g/mol. The highest BCUT2D eigenvalue weighted by molar-refractivity contribution is 7.13. The Labute approximate surface area is 358 Å². The molecule has 7 rings (SSSR count). The van der Waals surface area contributed by atoms with Gasteiger partial charge in [0.15, 0.2) is 23.0 Å². The zero-order valence-electron chi connectivity index (χ0n) is 35.1. The molecule has 2 aliphatic heterocycles. The Morgan fingerprint density at radius 1 is 0.836 bits per heavy atom. The van der Waals surface area contributed by atoms with Crippen molar-refractivity contribution in [3.05, 3.63) is 130 Å². The van der Waals surface area contributed by atoms with Gasteiger partial charge in [-0.3, -0.25) is 24.0 Å². The van der Waals surface area contributed by atoms with E-state index >= 15 is 0 Å². The van der Waals surface area contributed by atoms with Crippen molar-refractivity contribution >= 4 is 56.6 Å². The van der Waals surface area contributed by atoms with E-state index < -0.39 is 6.04 Å². The molecule has 3 unspecified atom stereocenters. The first-order valence-electron chi connectivity index (χ1n) is 20.0. The van der Waals surface area contributed by atoms with Crippen molar-refractivity contribution in [3.63, 3.8) is 0 Å². The Bertz CT molecular complexity index is 2460. The Hall–Kier alpha value is -6.27. The fourth-order valence-corrected chi connectivity index (χ4v) is 8.04. The van der Waals surface area contributed by atoms with Crippen LogP contribution >= 0.6 is 9.39 Å². The molecule has 5 aromatic rings. The highest BCUT2D eigenvalue weighted by Crippen LogP contribution is 2.39. The van der Waals surface area contributed by atoms with E-state index in [1.807, 2.05) is 77.3 Å². The summed E-state index contributed by atoms with van der Waals surface area (Å²) in [5.41, 5.74) is 7.22. The minimum Gasteiger partial charge on any atom is -0.493 e. The number of nitrogens with zero attached hydrogens (tertiary/aromatic N) is 4. The van der Waals surface area contributed by atoms with Gasteiger partial charge in [0.2, 0.25) is 5.91 Å². The first-order valence-corrected chi connectivity index (χ1v) is 20.5. The fraction of sp³-hybridized carbons (Fsp3) is 0.277. The van der Waals surface area contributed by atoms with Crippen LogP contribution in [0, 0.1) is 0 Å². The number of carbonyl (C=O) groups is 3. The molecule has 13 nitrogen and oxygen atoms in total. The van der Waals surface area contributed by atoms with Crippen LogP contribution in [0.15, 0.2) is 102 Å². The number of likely N-dealkylation sites (N-methyl/N-ethyl adjacent to an activating group) is 2. The zero-order valence-corrected chi connectivity index (χ0v) is 36.2. The number of para-hydroxylation sites is 2. The summed E-state index contributed by atoms with van der Waals surface area (Å²) in [6.45, 7) is 6.93. The number of fused-ring (bicyclic) bond motifs is 2. The van der Waals surface area contributed by atoms with Gasteiger partial charge in [-0.05, 0) is 117 Å². The molecule has 2 N–H and O–H groups in total. The number of ether oxygens (including phenoxy) is 4. The summed E-state index contributed by atoms with van der Waals surface area (Å²) >= 11 is 0. The molecule has 316 valence electrons. The summed E-state index contributed by atoms with van der Waals surface area (Å²) in [5, 5.41) is 5.95. The standard InChI is InChI=1S/C47H51N6O7P/c1-29(48-2)45(54)50-35-20-30(27-59-41-16-15-34(23-42(41)57-5)46(55)53-36(26-51(4)61)22-33-12-8-10-14-40(33)53)19-31(21-35)28-60-44-25-38(49-3)37(24-43(44)58-6)47(56)52-18-17-32-11-7-9-13-39(32)52/h7-16,19-21,23-25,29,36,48H,3,17-18,22,26-28,61H2,1-2,4-6H3,(H,50,54). The maximum Gasteiger partial charge on any atom is 0.260 e. The molecule has 14 heteroatoms. The second-order valence-electron chi connectivity index (χ2n) is 15.1. The zero-order chi connectivity index (χ0) is 43.2. The molecule has 5 aromatic carbocycles. The van der Waals surface area contributed by atoms with Gasteiger partial charge in [0.05, 0.1) is 37.6 Å². The van der Waals surface area contributed by atoms with Gasteiger partial charge in [0.1, 0.15) is 13.2 Å². The molecule has 3 amide bonds. The molecule has 0 fully saturated rings. The van der Waals surface area contributed by atoms with Crippen LogP contribution in [0.1, 0.15) is 49.9 Å². The number of aliphatic imine (C=N–C) groups is 1. The van der Waals surface area contributed by atoms with Crippen molar-refractivity contribution in [1.29, 1.82) is 0 Å². The Kier molecular flexibility index (Phi) is 13.3. The van der Waals surface area contributed by atoms with Crippen molar-refractivity contribution in [3.8, 4) is 23.0 Å². The van der Waals surface area contributed by atoms with Crippen molar-refractivity contribution in [2.24, 2.45) is 4.99 Å². The van der Waals surface area contributed by atoms with Gasteiger partial charge in [-0.15, -0.1) is 0 Å². The minimum absolute atomic E-state index is 0.0275. The molecule has 61 heavy (non-hydrogen) atoms. The van der Waals surface area contributed by atoms with Crippen molar-refractivity contribution < 1.29 is 33.3 Å². The molecule has 0 radical (unpaired) electrons. The number of amides is 3. The van der Waals surface area contributed by atoms with Gasteiger partial charge < -0.3 is 39.4 Å². The van der Waals surface area contributed by atoms with E-state index in [4.69, 9.17) is 18.9 Å². The molecule has 2 heterocycles. The number of benzene rings is 5. The molecular formula is C47H51N6O7P. The number of hydrogen-bond donors (Lipinski definition) is 2. The lowest BCUT2D eigenvalue weighted by Crippen LogP contribution is -2.42. The minimum atomic E-state index is -0.444. The SMILES string of the molecule is C=Nc1cc(OCc2cc(COc3ccc(C(=O)N4c5ccccc5CC4CN(C)P)cc3OC)cc(NC(=O)C(C)NC)c2)c(OC)cc1C(=O)N1CCc2ccccc21. The lowest BCUT2D eigenvalue weighted by molar-refractivity contribution is -0.117. The molecule has 0 spiro atoms. The smallest absolute Gasteiger partial charge is 0.260 e. The van der Waals surface area contributed by atoms with E-state index in [1.54, 1.807) is 49.2 Å². The summed E-state index contributed by atoms with van der Waals surface area (Å²) in [6, 6.07) is 29.4. The Morgan fingerprint density at radius 3 is 2.16 bits per heavy atom. The van der Waals surface area contributed by atoms with E-state index in [0.29, 0.717) is 58.6 Å². The number of hydrogen-bond acceptors (Lipinski definition) is 10. The number of anilines is 3. The summed E-state index contributed by atoms with van der Waals surface area (Å²) in [7, 11) is 9.42. The molecule has 0 saturated heterocycles. The second kappa shape index (κ2) is 19.0. The van der Waals surface area contributed by atoms with Crippen molar-refractivity contribution in [2.75, 3.05) is 56.5 Å². The summed E-state index contributed by atoms with van der Waals surface area (Å²) in [4.78, 5) is 48.7. The largest absolute Gasteiger partial charge is 0.493 e. The van der Waals surface area contributed by atoms with Crippen LogP contribution in [-0.4, -0.2) is 82.6 Å². The molecule has 0 aliphatic carbocycles.